The Morgan fingerprint density at radius 3 is 2.68 bits per heavy atom. The molecule has 1 N–H and O–H groups in total. The molecule has 0 bridgehead atoms. The van der Waals surface area contributed by atoms with E-state index >= 15 is 0 Å². The molecule has 2 atom stereocenters. The van der Waals surface area contributed by atoms with Gasteiger partial charge in [-0.2, -0.15) is 0 Å². The summed E-state index contributed by atoms with van der Waals surface area (Å²) < 4.78 is 5.65. The van der Waals surface area contributed by atoms with E-state index in [-0.39, 0.29) is 0 Å². The van der Waals surface area contributed by atoms with Gasteiger partial charge in [-0.1, -0.05) is 13.8 Å². The number of hydrogen-bond donors (Lipinski definition) is 1. The van der Waals surface area contributed by atoms with Crippen LogP contribution in [0.1, 0.15) is 44.4 Å². The zero-order valence-corrected chi connectivity index (χ0v) is 12.2. The molecule has 1 saturated carbocycles. The van der Waals surface area contributed by atoms with Crippen LogP contribution >= 0.6 is 0 Å². The van der Waals surface area contributed by atoms with Crippen LogP contribution in [0, 0.1) is 11.8 Å². The molecule has 2 aliphatic rings. The van der Waals surface area contributed by atoms with Gasteiger partial charge in [0.05, 0.1) is 12.8 Å². The minimum atomic E-state index is 0.744. The van der Waals surface area contributed by atoms with Gasteiger partial charge in [-0.25, -0.2) is 0 Å². The van der Waals surface area contributed by atoms with Gasteiger partial charge >= 0.3 is 0 Å². The van der Waals surface area contributed by atoms with Crippen molar-refractivity contribution in [3.8, 4) is 0 Å². The fourth-order valence-corrected chi connectivity index (χ4v) is 3.35. The average Bonchev–Trinajstić information content (AvgIpc) is 3.07. The third kappa shape index (κ3) is 3.61. The molecular formula is C16H26N2O. The van der Waals surface area contributed by atoms with Crippen LogP contribution in [0.15, 0.2) is 16.7 Å². The molecule has 2 fully saturated rings. The van der Waals surface area contributed by atoms with Crippen molar-refractivity contribution in [2.24, 2.45) is 11.8 Å². The summed E-state index contributed by atoms with van der Waals surface area (Å²) in [5.41, 5.74) is 1.37. The summed E-state index contributed by atoms with van der Waals surface area (Å²) in [6.45, 7) is 9.13. The van der Waals surface area contributed by atoms with Crippen LogP contribution in [-0.2, 0) is 13.1 Å². The number of nitrogens with one attached hydrogen (secondary N) is 1. The van der Waals surface area contributed by atoms with Crippen molar-refractivity contribution >= 4 is 0 Å². The minimum absolute atomic E-state index is 0.744. The Hall–Kier alpha value is -0.800. The fourth-order valence-electron chi connectivity index (χ4n) is 3.35. The molecule has 0 spiro atoms. The van der Waals surface area contributed by atoms with Crippen molar-refractivity contribution in [2.75, 3.05) is 13.1 Å². The molecule has 1 aliphatic heterocycles. The van der Waals surface area contributed by atoms with Gasteiger partial charge in [0.15, 0.2) is 0 Å². The second-order valence-corrected chi connectivity index (χ2v) is 6.66. The minimum Gasteiger partial charge on any atom is -0.468 e. The number of furan rings is 1. The molecule has 19 heavy (non-hydrogen) atoms. The van der Waals surface area contributed by atoms with Crippen LogP contribution in [0.3, 0.4) is 0 Å². The SMILES string of the molecule is CC1CC(C)CN(Cc2ccoc2CNC2CC2)C1. The van der Waals surface area contributed by atoms with Crippen molar-refractivity contribution in [3.05, 3.63) is 23.7 Å². The topological polar surface area (TPSA) is 28.4 Å². The molecule has 1 saturated heterocycles. The van der Waals surface area contributed by atoms with E-state index in [2.05, 4.69) is 30.1 Å². The maximum atomic E-state index is 5.65. The Bertz CT molecular complexity index is 401. The lowest BCUT2D eigenvalue weighted by molar-refractivity contribution is 0.133. The first-order valence-corrected chi connectivity index (χ1v) is 7.71. The molecule has 3 rings (SSSR count). The summed E-state index contributed by atoms with van der Waals surface area (Å²) in [6.07, 6.45) is 5.88. The number of nitrogens with zero attached hydrogens (tertiary/aromatic N) is 1. The average molecular weight is 262 g/mol. The molecule has 0 aromatic carbocycles. The smallest absolute Gasteiger partial charge is 0.122 e. The summed E-state index contributed by atoms with van der Waals surface area (Å²) in [7, 11) is 0. The molecule has 2 unspecified atom stereocenters. The highest BCUT2D eigenvalue weighted by molar-refractivity contribution is 5.17. The summed E-state index contributed by atoms with van der Waals surface area (Å²) in [5, 5.41) is 3.54. The van der Waals surface area contributed by atoms with E-state index in [1.165, 1.54) is 37.9 Å². The first-order valence-electron chi connectivity index (χ1n) is 7.71. The molecule has 0 amide bonds. The Morgan fingerprint density at radius 2 is 2.00 bits per heavy atom. The standard InChI is InChI=1S/C16H26N2O/c1-12-7-13(2)10-18(9-12)11-14-5-6-19-16(14)8-17-15-3-4-15/h5-6,12-13,15,17H,3-4,7-11H2,1-2H3. The van der Waals surface area contributed by atoms with Gasteiger partial charge in [0.2, 0.25) is 0 Å². The first kappa shape index (κ1) is 13.2. The van der Waals surface area contributed by atoms with Gasteiger partial charge in [-0.15, -0.1) is 0 Å². The number of piperidine rings is 1. The summed E-state index contributed by atoms with van der Waals surface area (Å²) in [4.78, 5) is 2.59. The van der Waals surface area contributed by atoms with Crippen molar-refractivity contribution in [2.45, 2.75) is 52.2 Å². The lowest BCUT2D eigenvalue weighted by Crippen LogP contribution is -2.38. The Kier molecular flexibility index (Phi) is 3.94. The molecule has 0 radical (unpaired) electrons. The van der Waals surface area contributed by atoms with E-state index in [4.69, 9.17) is 4.42 Å². The normalized spacial score (nSPS) is 28.7. The molecule has 2 heterocycles. The largest absolute Gasteiger partial charge is 0.468 e. The quantitative estimate of drug-likeness (QED) is 0.884. The molecule has 106 valence electrons. The second kappa shape index (κ2) is 5.68. The molecule has 1 aromatic rings. The maximum absolute atomic E-state index is 5.65. The van der Waals surface area contributed by atoms with Crippen molar-refractivity contribution in [1.29, 1.82) is 0 Å². The van der Waals surface area contributed by atoms with Crippen LogP contribution in [0.4, 0.5) is 0 Å². The Labute approximate surface area is 116 Å². The van der Waals surface area contributed by atoms with Crippen LogP contribution in [-0.4, -0.2) is 24.0 Å². The van der Waals surface area contributed by atoms with E-state index in [1.807, 2.05) is 6.26 Å². The Balaban J connectivity index is 1.57. The van der Waals surface area contributed by atoms with Gasteiger partial charge in [0, 0.05) is 31.2 Å². The lowest BCUT2D eigenvalue weighted by Gasteiger charge is -2.34. The van der Waals surface area contributed by atoms with Gasteiger partial charge < -0.3 is 9.73 Å². The van der Waals surface area contributed by atoms with Crippen molar-refractivity contribution < 1.29 is 4.42 Å². The molecule has 1 aromatic heterocycles. The predicted octanol–water partition coefficient (Wildman–Crippen LogP) is 3.01. The highest BCUT2D eigenvalue weighted by Gasteiger charge is 2.24. The third-order valence-electron chi connectivity index (χ3n) is 4.30. The summed E-state index contributed by atoms with van der Waals surface area (Å²) in [5.74, 6) is 2.78. The first-order chi connectivity index (χ1) is 9.20. The van der Waals surface area contributed by atoms with E-state index in [9.17, 15) is 0 Å². The van der Waals surface area contributed by atoms with Crippen LogP contribution in [0.2, 0.25) is 0 Å². The fraction of sp³-hybridized carbons (Fsp3) is 0.750. The van der Waals surface area contributed by atoms with Gasteiger partial charge in [0.1, 0.15) is 5.76 Å². The zero-order valence-electron chi connectivity index (χ0n) is 12.2. The van der Waals surface area contributed by atoms with Crippen LogP contribution < -0.4 is 5.32 Å². The molecule has 1 aliphatic carbocycles. The third-order valence-corrected chi connectivity index (χ3v) is 4.30. The summed E-state index contributed by atoms with van der Waals surface area (Å²) in [6, 6.07) is 2.89. The van der Waals surface area contributed by atoms with E-state index in [0.717, 1.165) is 36.7 Å². The Morgan fingerprint density at radius 1 is 1.26 bits per heavy atom. The number of hydrogen-bond acceptors (Lipinski definition) is 3. The monoisotopic (exact) mass is 262 g/mol. The highest BCUT2D eigenvalue weighted by atomic mass is 16.3. The molecule has 3 heteroatoms. The van der Waals surface area contributed by atoms with Crippen LogP contribution in [0.5, 0.6) is 0 Å². The number of rotatable bonds is 5. The van der Waals surface area contributed by atoms with Gasteiger partial charge in [0.25, 0.3) is 0 Å². The second-order valence-electron chi connectivity index (χ2n) is 6.66. The van der Waals surface area contributed by atoms with Crippen molar-refractivity contribution in [3.63, 3.8) is 0 Å². The van der Waals surface area contributed by atoms with Gasteiger partial charge in [-0.3, -0.25) is 4.90 Å². The molecule has 3 nitrogen and oxygen atoms in total. The van der Waals surface area contributed by atoms with E-state index in [0.29, 0.717) is 0 Å². The lowest BCUT2D eigenvalue weighted by atomic mass is 9.91. The van der Waals surface area contributed by atoms with Crippen molar-refractivity contribution in [1.82, 2.24) is 10.2 Å². The highest BCUT2D eigenvalue weighted by Crippen LogP contribution is 2.24. The van der Waals surface area contributed by atoms with Gasteiger partial charge in [-0.05, 0) is 37.2 Å². The molecular weight excluding hydrogens is 236 g/mol. The maximum Gasteiger partial charge on any atom is 0.122 e. The number of likely N-dealkylation sites (tertiary alicyclic amines) is 1. The summed E-state index contributed by atoms with van der Waals surface area (Å²) >= 11 is 0. The predicted molar refractivity (Wildman–Crippen MR) is 76.8 cm³/mol. The zero-order chi connectivity index (χ0) is 13.2. The van der Waals surface area contributed by atoms with Crippen LogP contribution in [0.25, 0.3) is 0 Å². The van der Waals surface area contributed by atoms with E-state index in [1.54, 1.807) is 0 Å². The van der Waals surface area contributed by atoms with E-state index < -0.39 is 0 Å².